The molecule has 0 saturated carbocycles. The topological polar surface area (TPSA) is 77.5 Å². The molecule has 1 fully saturated rings. The van der Waals surface area contributed by atoms with Crippen LogP contribution >= 0.6 is 0 Å². The number of esters is 1. The summed E-state index contributed by atoms with van der Waals surface area (Å²) in [5.41, 5.74) is 0. The maximum atomic E-state index is 11.0. The van der Waals surface area contributed by atoms with Crippen LogP contribution < -0.4 is 0 Å². The van der Waals surface area contributed by atoms with Crippen LogP contribution in [0.4, 0.5) is 0 Å². The molecule has 0 radical (unpaired) electrons. The van der Waals surface area contributed by atoms with E-state index in [1.54, 1.807) is 0 Å². The Labute approximate surface area is 113 Å². The molecule has 0 aromatic rings. The second kappa shape index (κ2) is 9.03. The van der Waals surface area contributed by atoms with Crippen molar-refractivity contribution in [3.8, 4) is 0 Å². The zero-order valence-electron chi connectivity index (χ0n) is 11.2. The lowest BCUT2D eigenvalue weighted by Gasteiger charge is -2.21. The average molecular weight is 274 g/mol. The van der Waals surface area contributed by atoms with Gasteiger partial charge in [0.1, 0.15) is 12.2 Å². The quantitative estimate of drug-likeness (QED) is 0.258. The Hall–Kier alpha value is -0.950. The summed E-state index contributed by atoms with van der Waals surface area (Å²) in [6, 6.07) is 0. The predicted octanol–water partition coefficient (Wildman–Crippen LogP) is 0.635. The molecule has 0 spiro atoms. The van der Waals surface area contributed by atoms with Crippen molar-refractivity contribution < 1.29 is 28.8 Å². The highest BCUT2D eigenvalue weighted by Gasteiger charge is 2.25. The van der Waals surface area contributed by atoms with Gasteiger partial charge in [0.2, 0.25) is 0 Å². The van der Waals surface area contributed by atoms with Gasteiger partial charge in [-0.2, -0.15) is 0 Å². The highest BCUT2D eigenvalue weighted by Crippen LogP contribution is 2.13. The summed E-state index contributed by atoms with van der Waals surface area (Å²) in [5.74, 6) is -0.581. The lowest BCUT2D eigenvalue weighted by atomic mass is 10.3. The molecule has 0 aromatic heterocycles. The van der Waals surface area contributed by atoms with Crippen molar-refractivity contribution in [2.75, 3.05) is 26.4 Å². The van der Waals surface area contributed by atoms with E-state index in [9.17, 15) is 4.79 Å². The normalized spacial score (nSPS) is 20.6. The van der Waals surface area contributed by atoms with Gasteiger partial charge in [-0.25, -0.2) is 4.79 Å². The van der Waals surface area contributed by atoms with E-state index in [1.807, 2.05) is 6.92 Å². The van der Waals surface area contributed by atoms with Crippen LogP contribution in [0.3, 0.4) is 0 Å². The number of epoxide rings is 1. The van der Waals surface area contributed by atoms with Crippen molar-refractivity contribution in [3.63, 3.8) is 0 Å². The third kappa shape index (κ3) is 7.27. The van der Waals surface area contributed by atoms with E-state index in [2.05, 4.69) is 6.58 Å². The van der Waals surface area contributed by atoms with Crippen molar-refractivity contribution in [2.45, 2.75) is 38.3 Å². The van der Waals surface area contributed by atoms with E-state index < -0.39 is 12.1 Å². The first kappa shape index (κ1) is 16.1. The van der Waals surface area contributed by atoms with Crippen LogP contribution in [0.5, 0.6) is 0 Å². The number of ether oxygens (including phenoxy) is 4. The zero-order valence-corrected chi connectivity index (χ0v) is 11.2. The monoisotopic (exact) mass is 274 g/mol. The lowest BCUT2D eigenvalue weighted by Crippen LogP contribution is -2.30. The van der Waals surface area contributed by atoms with Gasteiger partial charge in [0, 0.05) is 6.08 Å². The summed E-state index contributed by atoms with van der Waals surface area (Å²) in [4.78, 5) is 11.0. The third-order valence-electron chi connectivity index (χ3n) is 2.52. The van der Waals surface area contributed by atoms with Gasteiger partial charge in [0.25, 0.3) is 0 Å². The molecule has 1 saturated heterocycles. The number of hydrogen-bond donors (Lipinski definition) is 1. The van der Waals surface area contributed by atoms with Gasteiger partial charge in [-0.1, -0.05) is 19.9 Å². The number of carbonyl (C=O) groups is 1. The summed E-state index contributed by atoms with van der Waals surface area (Å²) in [7, 11) is 0. The second-order valence-electron chi connectivity index (χ2n) is 4.29. The smallest absolute Gasteiger partial charge is 0.330 e. The van der Waals surface area contributed by atoms with Crippen molar-refractivity contribution >= 4 is 5.97 Å². The Morgan fingerprint density at radius 2 is 2.32 bits per heavy atom. The first-order chi connectivity index (χ1) is 9.19. The molecule has 1 N–H and O–H groups in total. The maximum Gasteiger partial charge on any atom is 0.330 e. The van der Waals surface area contributed by atoms with Crippen LogP contribution in [0.2, 0.25) is 0 Å². The number of aliphatic hydroxyl groups is 1. The SMILES string of the molecule is C=CC(=O)OC(CO)COC(CCC)OCC1CO1. The Balaban J connectivity index is 2.25. The number of hydrogen-bond acceptors (Lipinski definition) is 6. The first-order valence-electron chi connectivity index (χ1n) is 6.48. The van der Waals surface area contributed by atoms with Gasteiger partial charge in [-0.15, -0.1) is 0 Å². The maximum absolute atomic E-state index is 11.0. The van der Waals surface area contributed by atoms with E-state index in [4.69, 9.17) is 24.1 Å². The fraction of sp³-hybridized carbons (Fsp3) is 0.769. The van der Waals surface area contributed by atoms with Crippen LogP contribution in [0.1, 0.15) is 19.8 Å². The van der Waals surface area contributed by atoms with E-state index in [-0.39, 0.29) is 25.6 Å². The molecule has 3 unspecified atom stereocenters. The lowest BCUT2D eigenvalue weighted by molar-refractivity contribution is -0.177. The van der Waals surface area contributed by atoms with Crippen molar-refractivity contribution in [1.29, 1.82) is 0 Å². The van der Waals surface area contributed by atoms with E-state index >= 15 is 0 Å². The zero-order chi connectivity index (χ0) is 14.1. The Morgan fingerprint density at radius 1 is 1.58 bits per heavy atom. The molecule has 1 aliphatic rings. The number of rotatable bonds is 11. The molecular weight excluding hydrogens is 252 g/mol. The summed E-state index contributed by atoms with van der Waals surface area (Å²) < 4.78 is 21.0. The van der Waals surface area contributed by atoms with Gasteiger partial charge in [-0.05, 0) is 6.42 Å². The van der Waals surface area contributed by atoms with Gasteiger partial charge in [0.15, 0.2) is 6.29 Å². The standard InChI is InChI=1S/C13H22O6/c1-3-5-13(18-9-11-8-16-11)17-7-10(6-14)19-12(15)4-2/h4,10-11,13-14H,2-3,5-9H2,1H3. The van der Waals surface area contributed by atoms with Gasteiger partial charge < -0.3 is 24.1 Å². The predicted molar refractivity (Wildman–Crippen MR) is 67.5 cm³/mol. The molecule has 1 heterocycles. The minimum atomic E-state index is -0.703. The van der Waals surface area contributed by atoms with Gasteiger partial charge in [0.05, 0.1) is 26.4 Å². The fourth-order valence-electron chi connectivity index (χ4n) is 1.38. The molecule has 1 aliphatic heterocycles. The molecule has 19 heavy (non-hydrogen) atoms. The molecule has 110 valence electrons. The van der Waals surface area contributed by atoms with Crippen LogP contribution in [0, 0.1) is 0 Å². The van der Waals surface area contributed by atoms with Gasteiger partial charge in [-0.3, -0.25) is 0 Å². The number of carbonyl (C=O) groups excluding carboxylic acids is 1. The Bertz CT molecular complexity index is 276. The van der Waals surface area contributed by atoms with E-state index in [1.165, 1.54) is 0 Å². The third-order valence-corrected chi connectivity index (χ3v) is 2.52. The minimum Gasteiger partial charge on any atom is -0.454 e. The molecule has 3 atom stereocenters. The largest absolute Gasteiger partial charge is 0.454 e. The van der Waals surface area contributed by atoms with Crippen molar-refractivity contribution in [1.82, 2.24) is 0 Å². The van der Waals surface area contributed by atoms with Crippen molar-refractivity contribution in [2.24, 2.45) is 0 Å². The molecule has 6 nitrogen and oxygen atoms in total. The molecule has 0 amide bonds. The summed E-state index contributed by atoms with van der Waals surface area (Å²) in [5, 5.41) is 9.09. The van der Waals surface area contributed by atoms with Crippen LogP contribution in [-0.2, 0) is 23.7 Å². The minimum absolute atomic E-state index is 0.0896. The van der Waals surface area contributed by atoms with Gasteiger partial charge >= 0.3 is 5.97 Å². The van der Waals surface area contributed by atoms with Crippen LogP contribution in [0.25, 0.3) is 0 Å². The average Bonchev–Trinajstić information content (AvgIpc) is 3.24. The molecule has 0 aromatic carbocycles. The van der Waals surface area contributed by atoms with E-state index in [0.29, 0.717) is 6.61 Å². The van der Waals surface area contributed by atoms with Crippen LogP contribution in [0.15, 0.2) is 12.7 Å². The fourth-order valence-corrected chi connectivity index (χ4v) is 1.38. The highest BCUT2D eigenvalue weighted by molar-refractivity contribution is 5.81. The Kier molecular flexibility index (Phi) is 7.66. The second-order valence-corrected chi connectivity index (χ2v) is 4.29. The molecular formula is C13H22O6. The molecule has 0 bridgehead atoms. The summed E-state index contributed by atoms with van der Waals surface area (Å²) in [6.45, 7) is 6.34. The molecule has 6 heteroatoms. The Morgan fingerprint density at radius 3 is 2.84 bits per heavy atom. The first-order valence-corrected chi connectivity index (χ1v) is 6.48. The van der Waals surface area contributed by atoms with Crippen LogP contribution in [-0.4, -0.2) is 56.0 Å². The highest BCUT2D eigenvalue weighted by atomic mass is 16.7. The van der Waals surface area contributed by atoms with Crippen molar-refractivity contribution in [3.05, 3.63) is 12.7 Å². The number of aliphatic hydroxyl groups excluding tert-OH is 1. The molecule has 0 aliphatic carbocycles. The summed E-state index contributed by atoms with van der Waals surface area (Å²) >= 11 is 0. The van der Waals surface area contributed by atoms with E-state index in [0.717, 1.165) is 25.5 Å². The molecule has 1 rings (SSSR count). The summed E-state index contributed by atoms with van der Waals surface area (Å²) in [6.07, 6.45) is 1.80.